The van der Waals surface area contributed by atoms with E-state index in [-0.39, 0.29) is 23.0 Å². The summed E-state index contributed by atoms with van der Waals surface area (Å²) in [5, 5.41) is 20.2. The van der Waals surface area contributed by atoms with Gasteiger partial charge in [0, 0.05) is 12.1 Å². The lowest BCUT2D eigenvalue weighted by molar-refractivity contribution is -0.385. The van der Waals surface area contributed by atoms with Gasteiger partial charge in [-0.15, -0.1) is 0 Å². The molecule has 7 heteroatoms. The molecule has 0 atom stereocenters. The Hall–Kier alpha value is -2.83. The van der Waals surface area contributed by atoms with Gasteiger partial charge in [0.25, 0.3) is 0 Å². The molecule has 0 bridgehead atoms. The molecule has 0 aliphatic rings. The molecule has 0 aliphatic heterocycles. The van der Waals surface area contributed by atoms with Crippen LogP contribution in [0.4, 0.5) is 10.1 Å². The Bertz CT molecular complexity index is 659. The average Bonchev–Trinajstić information content (AvgIpc) is 2.40. The van der Waals surface area contributed by atoms with Crippen molar-refractivity contribution in [2.24, 2.45) is 0 Å². The molecule has 1 N–H and O–H groups in total. The van der Waals surface area contributed by atoms with Gasteiger partial charge < -0.3 is 14.6 Å². The van der Waals surface area contributed by atoms with Gasteiger partial charge in [-0.1, -0.05) is 6.07 Å². The third kappa shape index (κ3) is 2.77. The number of halogens is 1. The van der Waals surface area contributed by atoms with E-state index in [1.165, 1.54) is 31.4 Å². The highest BCUT2D eigenvalue weighted by molar-refractivity contribution is 5.53. The number of nitro groups is 1. The lowest BCUT2D eigenvalue weighted by atomic mass is 10.2. The Labute approximate surface area is 113 Å². The minimum atomic E-state index is -0.859. The van der Waals surface area contributed by atoms with E-state index in [1.54, 1.807) is 0 Å². The number of phenolic OH excluding ortho intramolecular Hbond substituents is 1. The lowest BCUT2D eigenvalue weighted by Gasteiger charge is -2.09. The monoisotopic (exact) mass is 279 g/mol. The van der Waals surface area contributed by atoms with Crippen molar-refractivity contribution in [3.63, 3.8) is 0 Å². The van der Waals surface area contributed by atoms with Gasteiger partial charge in [-0.05, 0) is 12.1 Å². The number of hydrogen-bond acceptors (Lipinski definition) is 5. The van der Waals surface area contributed by atoms with E-state index in [4.69, 9.17) is 9.47 Å². The van der Waals surface area contributed by atoms with Crippen LogP contribution in [0.3, 0.4) is 0 Å². The molecule has 0 heterocycles. The molecule has 2 rings (SSSR count). The van der Waals surface area contributed by atoms with Gasteiger partial charge >= 0.3 is 5.69 Å². The summed E-state index contributed by atoms with van der Waals surface area (Å²) in [6, 6.07) is 7.51. The van der Waals surface area contributed by atoms with Crippen LogP contribution in [-0.2, 0) is 0 Å². The smallest absolute Gasteiger partial charge is 0.314 e. The Kier molecular flexibility index (Phi) is 3.69. The molecule has 2 aromatic rings. The summed E-state index contributed by atoms with van der Waals surface area (Å²) in [6.07, 6.45) is 0. The van der Waals surface area contributed by atoms with Crippen LogP contribution in [0, 0.1) is 15.9 Å². The Balaban J connectivity index is 2.46. The highest BCUT2D eigenvalue weighted by Crippen LogP contribution is 2.37. The van der Waals surface area contributed by atoms with E-state index in [0.29, 0.717) is 0 Å². The topological polar surface area (TPSA) is 81.8 Å². The fourth-order valence-corrected chi connectivity index (χ4v) is 1.58. The summed E-state index contributed by atoms with van der Waals surface area (Å²) >= 11 is 0. The van der Waals surface area contributed by atoms with Crippen molar-refractivity contribution < 1.29 is 23.9 Å². The third-order valence-corrected chi connectivity index (χ3v) is 2.48. The molecule has 104 valence electrons. The number of ether oxygens (including phenoxy) is 2. The van der Waals surface area contributed by atoms with Crippen LogP contribution in [0.1, 0.15) is 0 Å². The maximum Gasteiger partial charge on any atom is 0.314 e. The largest absolute Gasteiger partial charge is 0.508 e. The number of aromatic hydroxyl groups is 1. The number of methoxy groups -OCH3 is 1. The number of phenols is 1. The molecule has 0 fully saturated rings. The molecule has 0 amide bonds. The highest BCUT2D eigenvalue weighted by atomic mass is 19.1. The van der Waals surface area contributed by atoms with Crippen molar-refractivity contribution in [1.29, 1.82) is 0 Å². The van der Waals surface area contributed by atoms with Crippen molar-refractivity contribution in [3.8, 4) is 23.0 Å². The molecule has 0 aromatic heterocycles. The summed E-state index contributed by atoms with van der Waals surface area (Å²) in [4.78, 5) is 10.1. The van der Waals surface area contributed by atoms with E-state index in [9.17, 15) is 19.6 Å². The van der Waals surface area contributed by atoms with Crippen molar-refractivity contribution in [1.82, 2.24) is 0 Å². The first-order chi connectivity index (χ1) is 9.51. The molecular weight excluding hydrogens is 269 g/mol. The molecule has 0 unspecified atom stereocenters. The first-order valence-corrected chi connectivity index (χ1v) is 5.50. The number of hydrogen-bond donors (Lipinski definition) is 1. The Morgan fingerprint density at radius 3 is 2.60 bits per heavy atom. The van der Waals surface area contributed by atoms with Gasteiger partial charge in [-0.25, -0.2) is 4.39 Å². The van der Waals surface area contributed by atoms with E-state index >= 15 is 0 Å². The number of nitrogens with zero attached hydrogens (tertiary/aromatic N) is 1. The molecule has 0 saturated heterocycles. The van der Waals surface area contributed by atoms with Crippen molar-refractivity contribution in [3.05, 3.63) is 52.3 Å². The first kappa shape index (κ1) is 13.6. The number of nitro benzene ring substituents is 1. The molecule has 6 nitrogen and oxygen atoms in total. The predicted octanol–water partition coefficient (Wildman–Crippen LogP) is 3.24. The molecular formula is C13H10FNO5. The summed E-state index contributed by atoms with van der Waals surface area (Å²) in [5.74, 6) is -1.09. The van der Waals surface area contributed by atoms with E-state index in [0.717, 1.165) is 12.1 Å². The summed E-state index contributed by atoms with van der Waals surface area (Å²) in [6.45, 7) is 0. The molecule has 0 saturated carbocycles. The number of rotatable bonds is 4. The fraction of sp³-hybridized carbons (Fsp3) is 0.0769. The van der Waals surface area contributed by atoms with Crippen LogP contribution in [-0.4, -0.2) is 17.1 Å². The van der Waals surface area contributed by atoms with Crippen molar-refractivity contribution >= 4 is 5.69 Å². The van der Waals surface area contributed by atoms with E-state index in [1.807, 2.05) is 0 Å². The zero-order valence-corrected chi connectivity index (χ0v) is 10.4. The van der Waals surface area contributed by atoms with E-state index < -0.39 is 16.4 Å². The number of benzene rings is 2. The zero-order valence-electron chi connectivity index (χ0n) is 10.4. The van der Waals surface area contributed by atoms with Crippen LogP contribution in [0.15, 0.2) is 36.4 Å². The lowest BCUT2D eigenvalue weighted by Crippen LogP contribution is -1.97. The average molecular weight is 279 g/mol. The van der Waals surface area contributed by atoms with Crippen molar-refractivity contribution in [2.75, 3.05) is 7.11 Å². The minimum absolute atomic E-state index is 0.0563. The Morgan fingerprint density at radius 1 is 1.25 bits per heavy atom. The molecule has 0 aliphatic carbocycles. The second kappa shape index (κ2) is 5.43. The van der Waals surface area contributed by atoms with Crippen LogP contribution < -0.4 is 9.47 Å². The van der Waals surface area contributed by atoms with Crippen LogP contribution in [0.2, 0.25) is 0 Å². The predicted molar refractivity (Wildman–Crippen MR) is 67.8 cm³/mol. The maximum absolute atomic E-state index is 13.5. The second-order valence-corrected chi connectivity index (χ2v) is 3.81. The highest BCUT2D eigenvalue weighted by Gasteiger charge is 2.21. The normalized spacial score (nSPS) is 10.1. The third-order valence-electron chi connectivity index (χ3n) is 2.48. The maximum atomic E-state index is 13.5. The standard InChI is InChI=1S/C13H10FNO5/c1-19-12-7-13(11(15(17)18)6-10(12)14)20-9-4-2-3-8(16)5-9/h2-7,16H,1H3. The van der Waals surface area contributed by atoms with Crippen LogP contribution in [0.25, 0.3) is 0 Å². The van der Waals surface area contributed by atoms with Gasteiger partial charge in [0.1, 0.15) is 11.5 Å². The van der Waals surface area contributed by atoms with Crippen molar-refractivity contribution in [2.45, 2.75) is 0 Å². The van der Waals surface area contributed by atoms with E-state index in [2.05, 4.69) is 0 Å². The van der Waals surface area contributed by atoms with Crippen LogP contribution >= 0.6 is 0 Å². The fourth-order valence-electron chi connectivity index (χ4n) is 1.58. The quantitative estimate of drug-likeness (QED) is 0.686. The van der Waals surface area contributed by atoms with Gasteiger partial charge in [0.2, 0.25) is 5.75 Å². The molecule has 0 radical (unpaired) electrons. The van der Waals surface area contributed by atoms with Gasteiger partial charge in [-0.2, -0.15) is 0 Å². The molecule has 2 aromatic carbocycles. The van der Waals surface area contributed by atoms with Crippen LogP contribution in [0.5, 0.6) is 23.0 Å². The second-order valence-electron chi connectivity index (χ2n) is 3.81. The summed E-state index contributed by atoms with van der Waals surface area (Å²) in [7, 11) is 1.24. The van der Waals surface area contributed by atoms with Gasteiger partial charge in [0.15, 0.2) is 11.6 Å². The van der Waals surface area contributed by atoms with Gasteiger partial charge in [0.05, 0.1) is 18.1 Å². The molecule has 0 spiro atoms. The minimum Gasteiger partial charge on any atom is -0.508 e. The molecule has 20 heavy (non-hydrogen) atoms. The summed E-state index contributed by atoms with van der Waals surface area (Å²) < 4.78 is 23.5. The Morgan fingerprint density at radius 2 is 2.00 bits per heavy atom. The SMILES string of the molecule is COc1cc(Oc2cccc(O)c2)c([N+](=O)[O-])cc1F. The van der Waals surface area contributed by atoms with Gasteiger partial charge in [-0.3, -0.25) is 10.1 Å². The summed E-state index contributed by atoms with van der Waals surface area (Å²) in [5.41, 5.74) is -0.536. The zero-order chi connectivity index (χ0) is 14.7. The first-order valence-electron chi connectivity index (χ1n) is 5.50.